The number of nitrogens with zero attached hydrogens (tertiary/aromatic N) is 4. The number of nitrogens with one attached hydrogen (secondary N) is 2. The molecule has 1 unspecified atom stereocenters. The molecule has 8 heteroatoms. The molecule has 0 bridgehead atoms. The van der Waals surface area contributed by atoms with Crippen LogP contribution in [-0.4, -0.2) is 50.1 Å². The van der Waals surface area contributed by atoms with Crippen LogP contribution in [0.25, 0.3) is 5.65 Å². The molecule has 0 radical (unpaired) electrons. The molecule has 3 amide bonds. The summed E-state index contributed by atoms with van der Waals surface area (Å²) in [4.78, 5) is 28.4. The monoisotopic (exact) mass is 446 g/mol. The fraction of sp³-hybridized carbons (Fsp3) is 0.440. The van der Waals surface area contributed by atoms with Crippen molar-refractivity contribution in [3.05, 3.63) is 66.1 Å². The Morgan fingerprint density at radius 1 is 1.00 bits per heavy atom. The van der Waals surface area contributed by atoms with Gasteiger partial charge >= 0.3 is 6.03 Å². The lowest BCUT2D eigenvalue weighted by Crippen LogP contribution is -2.61. The van der Waals surface area contributed by atoms with Gasteiger partial charge in [0.25, 0.3) is 0 Å². The van der Waals surface area contributed by atoms with Crippen molar-refractivity contribution in [3.63, 3.8) is 0 Å². The molecule has 172 valence electrons. The maximum absolute atomic E-state index is 13.8. The number of pyridine rings is 1. The van der Waals surface area contributed by atoms with Gasteiger partial charge < -0.3 is 15.5 Å². The fourth-order valence-corrected chi connectivity index (χ4v) is 5.22. The van der Waals surface area contributed by atoms with Crippen LogP contribution in [0.15, 0.2) is 54.7 Å². The third kappa shape index (κ3) is 4.42. The van der Waals surface area contributed by atoms with Gasteiger partial charge in [0.05, 0.1) is 0 Å². The van der Waals surface area contributed by atoms with Crippen molar-refractivity contribution in [3.8, 4) is 0 Å². The smallest absolute Gasteiger partial charge is 0.315 e. The van der Waals surface area contributed by atoms with Crippen molar-refractivity contribution < 1.29 is 9.59 Å². The van der Waals surface area contributed by atoms with Crippen LogP contribution < -0.4 is 10.6 Å². The number of hydrogen-bond donors (Lipinski definition) is 2. The van der Waals surface area contributed by atoms with Crippen molar-refractivity contribution in [1.29, 1.82) is 0 Å². The van der Waals surface area contributed by atoms with E-state index in [9.17, 15) is 9.59 Å². The van der Waals surface area contributed by atoms with Crippen LogP contribution in [0.1, 0.15) is 55.8 Å². The standard InChI is InChI=1S/C25H30N6O2/c32-23(25(13-5-6-14-25)27-24(33)26-17-19-9-2-1-3-10-19)30-15-8-11-20(18-30)22-29-28-21-12-4-7-16-31(21)22/h1-4,7,9-10,12,16,20H,5-6,8,11,13-15,17-18H2,(H2,26,27,33). The van der Waals surface area contributed by atoms with Gasteiger partial charge in [0.1, 0.15) is 11.4 Å². The first-order chi connectivity index (χ1) is 16.1. The van der Waals surface area contributed by atoms with Gasteiger partial charge in [-0.25, -0.2) is 4.79 Å². The average molecular weight is 447 g/mol. The van der Waals surface area contributed by atoms with Gasteiger partial charge in [-0.2, -0.15) is 0 Å². The van der Waals surface area contributed by atoms with E-state index in [0.29, 0.717) is 32.5 Å². The second-order valence-electron chi connectivity index (χ2n) is 9.16. The zero-order chi connectivity index (χ0) is 22.7. The van der Waals surface area contributed by atoms with E-state index in [1.165, 1.54) is 0 Å². The number of carbonyl (C=O) groups excluding carboxylic acids is 2. The highest BCUT2D eigenvalue weighted by Gasteiger charge is 2.46. The number of rotatable bonds is 5. The van der Waals surface area contributed by atoms with E-state index in [0.717, 1.165) is 42.7 Å². The number of fused-ring (bicyclic) bond motifs is 1. The number of carbonyl (C=O) groups is 2. The van der Waals surface area contributed by atoms with Crippen molar-refractivity contribution >= 4 is 17.6 Å². The Morgan fingerprint density at radius 2 is 1.79 bits per heavy atom. The molecule has 33 heavy (non-hydrogen) atoms. The molecule has 2 fully saturated rings. The molecule has 2 N–H and O–H groups in total. The third-order valence-electron chi connectivity index (χ3n) is 6.93. The van der Waals surface area contributed by atoms with Crippen LogP contribution in [-0.2, 0) is 11.3 Å². The lowest BCUT2D eigenvalue weighted by atomic mass is 9.91. The van der Waals surface area contributed by atoms with Gasteiger partial charge in [0, 0.05) is 31.7 Å². The largest absolute Gasteiger partial charge is 0.340 e. The Balaban J connectivity index is 1.28. The highest BCUT2D eigenvalue weighted by Crippen LogP contribution is 2.34. The first-order valence-electron chi connectivity index (χ1n) is 11.8. The maximum Gasteiger partial charge on any atom is 0.315 e. The Kier molecular flexibility index (Phi) is 5.98. The number of aromatic nitrogens is 3. The highest BCUT2D eigenvalue weighted by atomic mass is 16.2. The first kappa shape index (κ1) is 21.4. The molecule has 2 aliphatic rings. The first-order valence-corrected chi connectivity index (χ1v) is 11.8. The molecule has 0 spiro atoms. The van der Waals surface area contributed by atoms with Gasteiger partial charge in [0.15, 0.2) is 5.65 Å². The summed E-state index contributed by atoms with van der Waals surface area (Å²) in [6.07, 6.45) is 7.10. The number of benzene rings is 1. The van der Waals surface area contributed by atoms with Crippen LogP contribution in [0.3, 0.4) is 0 Å². The van der Waals surface area contributed by atoms with E-state index >= 15 is 0 Å². The van der Waals surface area contributed by atoms with Gasteiger partial charge in [-0.1, -0.05) is 49.2 Å². The van der Waals surface area contributed by atoms with E-state index in [4.69, 9.17) is 0 Å². The molecular formula is C25H30N6O2. The predicted molar refractivity (Wildman–Crippen MR) is 125 cm³/mol. The lowest BCUT2D eigenvalue weighted by molar-refractivity contribution is -0.139. The molecule has 1 saturated heterocycles. The number of amides is 3. The number of likely N-dealkylation sites (tertiary alicyclic amines) is 1. The second kappa shape index (κ2) is 9.21. The highest BCUT2D eigenvalue weighted by molar-refractivity contribution is 5.91. The van der Waals surface area contributed by atoms with Gasteiger partial charge in [-0.3, -0.25) is 9.20 Å². The Hall–Kier alpha value is -3.42. The molecule has 3 heterocycles. The summed E-state index contributed by atoms with van der Waals surface area (Å²) >= 11 is 0. The SMILES string of the molecule is O=C(NCc1ccccc1)NC1(C(=O)N2CCCC(c3nnc4ccccn34)C2)CCCC1. The second-order valence-corrected chi connectivity index (χ2v) is 9.16. The molecule has 1 aliphatic carbocycles. The Bertz CT molecular complexity index is 1120. The zero-order valence-electron chi connectivity index (χ0n) is 18.7. The summed E-state index contributed by atoms with van der Waals surface area (Å²) in [7, 11) is 0. The molecule has 2 aromatic heterocycles. The molecule has 1 atom stereocenters. The molecule has 1 saturated carbocycles. The van der Waals surface area contributed by atoms with Crippen molar-refractivity contribution in [2.75, 3.05) is 13.1 Å². The summed E-state index contributed by atoms with van der Waals surface area (Å²) in [5.74, 6) is 1.07. The maximum atomic E-state index is 13.8. The minimum absolute atomic E-state index is 0.0355. The molecule has 8 nitrogen and oxygen atoms in total. The number of hydrogen-bond acceptors (Lipinski definition) is 4. The molecule has 1 aliphatic heterocycles. The number of piperidine rings is 1. The number of urea groups is 1. The summed E-state index contributed by atoms with van der Waals surface area (Å²) in [6, 6.07) is 15.4. The van der Waals surface area contributed by atoms with E-state index < -0.39 is 5.54 Å². The van der Waals surface area contributed by atoms with Gasteiger partial charge in [-0.15, -0.1) is 10.2 Å². The van der Waals surface area contributed by atoms with E-state index in [1.54, 1.807) is 0 Å². The predicted octanol–water partition coefficient (Wildman–Crippen LogP) is 3.25. The quantitative estimate of drug-likeness (QED) is 0.629. The van der Waals surface area contributed by atoms with Gasteiger partial charge in [0.2, 0.25) is 5.91 Å². The third-order valence-corrected chi connectivity index (χ3v) is 6.93. The van der Waals surface area contributed by atoms with E-state index in [1.807, 2.05) is 64.0 Å². The summed E-state index contributed by atoms with van der Waals surface area (Å²) in [6.45, 7) is 1.74. The van der Waals surface area contributed by atoms with Crippen LogP contribution >= 0.6 is 0 Å². The zero-order valence-corrected chi connectivity index (χ0v) is 18.7. The molecular weight excluding hydrogens is 416 g/mol. The summed E-state index contributed by atoms with van der Waals surface area (Å²) in [5, 5.41) is 14.7. The van der Waals surface area contributed by atoms with Crippen molar-refractivity contribution in [2.45, 2.75) is 56.5 Å². The molecule has 1 aromatic carbocycles. The van der Waals surface area contributed by atoms with Crippen molar-refractivity contribution in [2.24, 2.45) is 0 Å². The van der Waals surface area contributed by atoms with E-state index in [2.05, 4.69) is 20.8 Å². The topological polar surface area (TPSA) is 91.6 Å². The average Bonchev–Trinajstić information content (AvgIpc) is 3.51. The lowest BCUT2D eigenvalue weighted by Gasteiger charge is -2.39. The van der Waals surface area contributed by atoms with E-state index in [-0.39, 0.29) is 17.9 Å². The van der Waals surface area contributed by atoms with Gasteiger partial charge in [-0.05, 0) is 43.4 Å². The molecule has 5 rings (SSSR count). The normalized spacial score (nSPS) is 20.0. The Morgan fingerprint density at radius 3 is 2.61 bits per heavy atom. The fourth-order valence-electron chi connectivity index (χ4n) is 5.22. The minimum Gasteiger partial charge on any atom is -0.340 e. The molecule has 3 aromatic rings. The summed E-state index contributed by atoms with van der Waals surface area (Å²) < 4.78 is 2.01. The van der Waals surface area contributed by atoms with Crippen molar-refractivity contribution in [1.82, 2.24) is 30.1 Å². The van der Waals surface area contributed by atoms with Crippen LogP contribution in [0.5, 0.6) is 0 Å². The van der Waals surface area contributed by atoms with Crippen LogP contribution in [0.2, 0.25) is 0 Å². The minimum atomic E-state index is -0.824. The summed E-state index contributed by atoms with van der Waals surface area (Å²) in [5.41, 5.74) is 1.02. The Labute approximate surface area is 193 Å². The van der Waals surface area contributed by atoms with Crippen LogP contribution in [0, 0.1) is 0 Å². The van der Waals surface area contributed by atoms with Crippen LogP contribution in [0.4, 0.5) is 4.79 Å².